The Morgan fingerprint density at radius 2 is 1.96 bits per heavy atom. The van der Waals surface area contributed by atoms with Crippen molar-refractivity contribution in [2.24, 2.45) is 0 Å². The molecular weight excluding hydrogens is 355 g/mol. The second-order valence-electron chi connectivity index (χ2n) is 6.79. The molecule has 0 radical (unpaired) electrons. The Kier molecular flexibility index (Phi) is 6.70. The molecule has 0 bridgehead atoms. The van der Waals surface area contributed by atoms with Gasteiger partial charge in [-0.05, 0) is 43.5 Å². The summed E-state index contributed by atoms with van der Waals surface area (Å²) >= 11 is 0. The van der Waals surface area contributed by atoms with E-state index in [1.807, 2.05) is 19.2 Å². The lowest BCUT2D eigenvalue weighted by atomic mass is 10.1. The number of rotatable bonds is 5. The van der Waals surface area contributed by atoms with Crippen molar-refractivity contribution in [2.75, 3.05) is 19.6 Å². The van der Waals surface area contributed by atoms with Gasteiger partial charge in [0.1, 0.15) is 5.82 Å². The highest BCUT2D eigenvalue weighted by Gasteiger charge is 2.30. The number of halogens is 1. The fourth-order valence-corrected chi connectivity index (χ4v) is 3.02. The Hall–Kier alpha value is -2.71. The molecule has 0 saturated carbocycles. The van der Waals surface area contributed by atoms with Crippen molar-refractivity contribution in [1.29, 1.82) is 0 Å². The topological polar surface area (TPSA) is 114 Å². The monoisotopic (exact) mass is 378 g/mol. The third kappa shape index (κ3) is 6.50. The van der Waals surface area contributed by atoms with Crippen molar-refractivity contribution < 1.29 is 29.3 Å². The molecule has 27 heavy (non-hydrogen) atoms. The van der Waals surface area contributed by atoms with Gasteiger partial charge in [-0.25, -0.2) is 14.0 Å². The summed E-state index contributed by atoms with van der Waals surface area (Å²) in [6, 6.07) is 4.86. The van der Waals surface area contributed by atoms with E-state index in [9.17, 15) is 19.1 Å². The third-order valence-electron chi connectivity index (χ3n) is 4.33. The van der Waals surface area contributed by atoms with E-state index in [0.29, 0.717) is 12.2 Å². The Labute approximate surface area is 155 Å². The van der Waals surface area contributed by atoms with Crippen LogP contribution < -0.4 is 0 Å². The highest BCUT2D eigenvalue weighted by atomic mass is 19.1. The summed E-state index contributed by atoms with van der Waals surface area (Å²) in [6.07, 6.45) is 4.83. The van der Waals surface area contributed by atoms with E-state index in [1.54, 1.807) is 0 Å². The Morgan fingerprint density at radius 3 is 2.52 bits per heavy atom. The zero-order valence-corrected chi connectivity index (χ0v) is 15.0. The third-order valence-corrected chi connectivity index (χ3v) is 4.33. The van der Waals surface area contributed by atoms with E-state index >= 15 is 0 Å². The largest absolute Gasteiger partial charge is 0.478 e. The molecule has 0 amide bonds. The molecule has 0 spiro atoms. The number of H-pyrrole nitrogens is 1. The fourth-order valence-electron chi connectivity index (χ4n) is 3.02. The number of benzene rings is 1. The number of aromatic nitrogens is 1. The SMILES string of the molecule is CC1(O)CCN(CCc2c[nH]c3cc(F)ccc23)C1.O=C(O)/C=C/C(=O)O. The number of aliphatic carboxylic acids is 2. The van der Waals surface area contributed by atoms with Gasteiger partial charge < -0.3 is 25.2 Å². The maximum atomic E-state index is 13.1. The maximum absolute atomic E-state index is 13.1. The summed E-state index contributed by atoms with van der Waals surface area (Å²) in [7, 11) is 0. The number of nitrogens with zero attached hydrogens (tertiary/aromatic N) is 1. The molecule has 2 heterocycles. The highest BCUT2D eigenvalue weighted by molar-refractivity contribution is 5.89. The minimum atomic E-state index is -1.26. The highest BCUT2D eigenvalue weighted by Crippen LogP contribution is 2.23. The summed E-state index contributed by atoms with van der Waals surface area (Å²) in [6.45, 7) is 4.51. The summed E-state index contributed by atoms with van der Waals surface area (Å²) in [4.78, 5) is 24.5. The predicted octanol–water partition coefficient (Wildman–Crippen LogP) is 2.02. The molecule has 1 aromatic carbocycles. The molecule has 3 rings (SSSR count). The summed E-state index contributed by atoms with van der Waals surface area (Å²) in [5, 5.41) is 26.6. The van der Waals surface area contributed by atoms with Gasteiger partial charge in [0.25, 0.3) is 0 Å². The van der Waals surface area contributed by atoms with E-state index in [-0.39, 0.29) is 5.82 Å². The number of hydrogen-bond donors (Lipinski definition) is 4. The van der Waals surface area contributed by atoms with E-state index in [4.69, 9.17) is 10.2 Å². The number of aromatic amines is 1. The van der Waals surface area contributed by atoms with Crippen LogP contribution in [0.3, 0.4) is 0 Å². The zero-order valence-electron chi connectivity index (χ0n) is 15.0. The first-order valence-corrected chi connectivity index (χ1v) is 8.50. The molecule has 0 aliphatic carbocycles. The number of carboxylic acids is 2. The van der Waals surface area contributed by atoms with Crippen molar-refractivity contribution in [3.8, 4) is 0 Å². The van der Waals surface area contributed by atoms with Crippen molar-refractivity contribution in [1.82, 2.24) is 9.88 Å². The minimum absolute atomic E-state index is 0.212. The van der Waals surface area contributed by atoms with Crippen LogP contribution in [0, 0.1) is 5.82 Å². The number of aliphatic hydroxyl groups is 1. The number of carbonyl (C=O) groups is 2. The summed E-state index contributed by atoms with van der Waals surface area (Å²) in [5.74, 6) is -2.73. The Morgan fingerprint density at radius 1 is 1.30 bits per heavy atom. The van der Waals surface area contributed by atoms with Gasteiger partial charge in [-0.3, -0.25) is 0 Å². The van der Waals surface area contributed by atoms with Crippen LogP contribution in [0.5, 0.6) is 0 Å². The second-order valence-corrected chi connectivity index (χ2v) is 6.79. The van der Waals surface area contributed by atoms with Gasteiger partial charge in [0.2, 0.25) is 0 Å². The van der Waals surface area contributed by atoms with Crippen LogP contribution in [0.1, 0.15) is 18.9 Å². The number of β-amino-alcohol motifs (C(OH)–C–C–N with tert-alkyl or cyclic N) is 1. The number of likely N-dealkylation sites (tertiary alicyclic amines) is 1. The fraction of sp³-hybridized carbons (Fsp3) is 0.368. The standard InChI is InChI=1S/C15H19FN2O.C4H4O4/c1-15(19)5-7-18(10-15)6-4-11-9-17-14-8-12(16)2-3-13(11)14;5-3(6)1-2-4(7)8/h2-3,8-9,17,19H,4-7,10H2,1H3;1-2H,(H,5,6)(H,7,8)/b;2-1+. The van der Waals surface area contributed by atoms with Gasteiger partial charge in [0, 0.05) is 48.9 Å². The molecule has 8 heteroatoms. The van der Waals surface area contributed by atoms with Gasteiger partial charge in [-0.1, -0.05) is 0 Å². The molecule has 146 valence electrons. The van der Waals surface area contributed by atoms with Crippen LogP contribution in [0.25, 0.3) is 10.9 Å². The van der Waals surface area contributed by atoms with E-state index in [1.165, 1.54) is 17.7 Å². The molecule has 1 fully saturated rings. The first kappa shape index (κ1) is 20.6. The quantitative estimate of drug-likeness (QED) is 0.592. The molecule has 1 aliphatic rings. The smallest absolute Gasteiger partial charge is 0.328 e. The van der Waals surface area contributed by atoms with Gasteiger partial charge in [0.15, 0.2) is 0 Å². The summed E-state index contributed by atoms with van der Waals surface area (Å²) in [5.41, 5.74) is 1.52. The molecule has 1 aliphatic heterocycles. The van der Waals surface area contributed by atoms with Crippen LogP contribution in [-0.4, -0.2) is 62.4 Å². The second kappa shape index (κ2) is 8.79. The molecule has 1 saturated heterocycles. The van der Waals surface area contributed by atoms with E-state index in [0.717, 1.165) is 43.4 Å². The average Bonchev–Trinajstić information content (AvgIpc) is 3.13. The Bertz CT molecular complexity index is 828. The molecular formula is C19H23FN2O5. The molecule has 1 atom stereocenters. The van der Waals surface area contributed by atoms with Gasteiger partial charge in [-0.2, -0.15) is 0 Å². The Balaban J connectivity index is 0.000000279. The van der Waals surface area contributed by atoms with Crippen LogP contribution in [0.4, 0.5) is 4.39 Å². The van der Waals surface area contributed by atoms with Gasteiger partial charge in [0.05, 0.1) is 5.60 Å². The van der Waals surface area contributed by atoms with Gasteiger partial charge in [-0.15, -0.1) is 0 Å². The molecule has 4 N–H and O–H groups in total. The van der Waals surface area contributed by atoms with E-state index < -0.39 is 17.5 Å². The predicted molar refractivity (Wildman–Crippen MR) is 98.1 cm³/mol. The lowest BCUT2D eigenvalue weighted by Crippen LogP contribution is -2.30. The number of fused-ring (bicyclic) bond motifs is 1. The first-order valence-electron chi connectivity index (χ1n) is 8.50. The van der Waals surface area contributed by atoms with Crippen molar-refractivity contribution in [2.45, 2.75) is 25.4 Å². The normalized spacial score (nSPS) is 20.0. The van der Waals surface area contributed by atoms with Crippen molar-refractivity contribution in [3.63, 3.8) is 0 Å². The number of carboxylic acid groups (broad SMARTS) is 2. The lowest BCUT2D eigenvalue weighted by Gasteiger charge is -2.18. The lowest BCUT2D eigenvalue weighted by molar-refractivity contribution is -0.134. The van der Waals surface area contributed by atoms with E-state index in [2.05, 4.69) is 9.88 Å². The average molecular weight is 378 g/mol. The van der Waals surface area contributed by atoms with Crippen molar-refractivity contribution in [3.05, 3.63) is 47.9 Å². The number of nitrogens with one attached hydrogen (secondary N) is 1. The van der Waals surface area contributed by atoms with Crippen molar-refractivity contribution >= 4 is 22.8 Å². The first-order chi connectivity index (χ1) is 12.7. The molecule has 7 nitrogen and oxygen atoms in total. The minimum Gasteiger partial charge on any atom is -0.478 e. The van der Waals surface area contributed by atoms with Crippen LogP contribution in [0.2, 0.25) is 0 Å². The molecule has 2 aromatic rings. The molecule has 1 aromatic heterocycles. The molecule has 1 unspecified atom stereocenters. The van der Waals surface area contributed by atoms with Crippen LogP contribution >= 0.6 is 0 Å². The van der Waals surface area contributed by atoms with Crippen LogP contribution in [-0.2, 0) is 16.0 Å². The van der Waals surface area contributed by atoms with Gasteiger partial charge >= 0.3 is 11.9 Å². The maximum Gasteiger partial charge on any atom is 0.328 e. The van der Waals surface area contributed by atoms with Crippen LogP contribution in [0.15, 0.2) is 36.5 Å². The zero-order chi connectivity index (χ0) is 20.0. The number of hydrogen-bond acceptors (Lipinski definition) is 4. The summed E-state index contributed by atoms with van der Waals surface area (Å²) < 4.78 is 13.1.